The number of halogens is 1. The number of carbonyl (C=O) groups is 1. The molecule has 16 heavy (non-hydrogen) atoms. The first-order chi connectivity index (χ1) is 7.54. The lowest BCUT2D eigenvalue weighted by atomic mass is 9.79. The SMILES string of the molecule is CCCNC(=O)c1cc(Br)cc(B(O)O)c1. The Morgan fingerprint density at radius 3 is 2.69 bits per heavy atom. The lowest BCUT2D eigenvalue weighted by Crippen LogP contribution is -2.32. The fourth-order valence-electron chi connectivity index (χ4n) is 1.23. The highest BCUT2D eigenvalue weighted by Gasteiger charge is 2.15. The topological polar surface area (TPSA) is 69.6 Å². The molecule has 0 heterocycles. The molecule has 0 aliphatic rings. The van der Waals surface area contributed by atoms with E-state index in [4.69, 9.17) is 10.0 Å². The molecule has 86 valence electrons. The summed E-state index contributed by atoms with van der Waals surface area (Å²) in [6.07, 6.45) is 0.856. The Morgan fingerprint density at radius 2 is 2.12 bits per heavy atom. The Hall–Kier alpha value is -0.845. The molecule has 0 bridgehead atoms. The largest absolute Gasteiger partial charge is 0.488 e. The van der Waals surface area contributed by atoms with E-state index in [1.165, 1.54) is 6.07 Å². The van der Waals surface area contributed by atoms with E-state index in [1.54, 1.807) is 12.1 Å². The molecule has 4 nitrogen and oxygen atoms in total. The quantitative estimate of drug-likeness (QED) is 0.696. The second-order valence-corrected chi connectivity index (χ2v) is 4.32. The summed E-state index contributed by atoms with van der Waals surface area (Å²) in [6.45, 7) is 2.56. The molecule has 1 aromatic rings. The number of carbonyl (C=O) groups excluding carboxylic acids is 1. The van der Waals surface area contributed by atoms with Gasteiger partial charge >= 0.3 is 7.12 Å². The van der Waals surface area contributed by atoms with Crippen LogP contribution in [0.2, 0.25) is 0 Å². The number of rotatable bonds is 4. The van der Waals surface area contributed by atoms with Crippen LogP contribution in [0.15, 0.2) is 22.7 Å². The Bertz CT molecular complexity index is 384. The number of amides is 1. The van der Waals surface area contributed by atoms with Crippen molar-refractivity contribution in [1.29, 1.82) is 0 Å². The smallest absolute Gasteiger partial charge is 0.423 e. The second kappa shape index (κ2) is 6.03. The van der Waals surface area contributed by atoms with Gasteiger partial charge in [0.2, 0.25) is 0 Å². The predicted molar refractivity (Wildman–Crippen MR) is 66.6 cm³/mol. The van der Waals surface area contributed by atoms with Gasteiger partial charge in [0, 0.05) is 16.6 Å². The molecular formula is C10H13BBrNO3. The van der Waals surface area contributed by atoms with Crippen LogP contribution in [0, 0.1) is 0 Å². The van der Waals surface area contributed by atoms with E-state index in [0.29, 0.717) is 16.6 Å². The number of benzene rings is 1. The zero-order valence-corrected chi connectivity index (χ0v) is 10.5. The van der Waals surface area contributed by atoms with E-state index in [9.17, 15) is 4.79 Å². The molecule has 0 aromatic heterocycles. The van der Waals surface area contributed by atoms with Crippen LogP contribution in [0.4, 0.5) is 0 Å². The van der Waals surface area contributed by atoms with E-state index in [-0.39, 0.29) is 11.4 Å². The maximum Gasteiger partial charge on any atom is 0.488 e. The van der Waals surface area contributed by atoms with Crippen molar-refractivity contribution in [2.24, 2.45) is 0 Å². The molecule has 0 fully saturated rings. The van der Waals surface area contributed by atoms with E-state index >= 15 is 0 Å². The van der Waals surface area contributed by atoms with Crippen molar-refractivity contribution in [3.05, 3.63) is 28.2 Å². The van der Waals surface area contributed by atoms with Crippen LogP contribution in [0.1, 0.15) is 23.7 Å². The number of nitrogens with one attached hydrogen (secondary N) is 1. The lowest BCUT2D eigenvalue weighted by molar-refractivity contribution is 0.0953. The third kappa shape index (κ3) is 3.62. The maximum absolute atomic E-state index is 11.6. The van der Waals surface area contributed by atoms with Crippen molar-refractivity contribution in [3.8, 4) is 0 Å². The number of hydrogen-bond donors (Lipinski definition) is 3. The van der Waals surface area contributed by atoms with Gasteiger partial charge in [0.15, 0.2) is 0 Å². The summed E-state index contributed by atoms with van der Waals surface area (Å²) in [7, 11) is -1.57. The highest BCUT2D eigenvalue weighted by atomic mass is 79.9. The number of hydrogen-bond acceptors (Lipinski definition) is 3. The fourth-order valence-corrected chi connectivity index (χ4v) is 1.74. The Kier molecular flexibility index (Phi) is 4.98. The van der Waals surface area contributed by atoms with Crippen LogP contribution in [0.3, 0.4) is 0 Å². The highest BCUT2D eigenvalue weighted by molar-refractivity contribution is 9.10. The van der Waals surface area contributed by atoms with Crippen molar-refractivity contribution in [2.45, 2.75) is 13.3 Å². The minimum absolute atomic E-state index is 0.218. The molecule has 0 atom stereocenters. The molecule has 1 rings (SSSR count). The highest BCUT2D eigenvalue weighted by Crippen LogP contribution is 2.10. The molecule has 0 aliphatic carbocycles. The lowest BCUT2D eigenvalue weighted by Gasteiger charge is -2.06. The molecule has 0 radical (unpaired) electrons. The minimum Gasteiger partial charge on any atom is -0.423 e. The normalized spacial score (nSPS) is 10.0. The molecule has 1 aromatic carbocycles. The predicted octanol–water partition coefficient (Wildman–Crippen LogP) is 0.269. The molecule has 1 amide bonds. The zero-order chi connectivity index (χ0) is 12.1. The minimum atomic E-state index is -1.57. The van der Waals surface area contributed by atoms with Gasteiger partial charge in [-0.2, -0.15) is 0 Å². The molecule has 0 aliphatic heterocycles. The monoisotopic (exact) mass is 285 g/mol. The molecule has 0 saturated carbocycles. The van der Waals surface area contributed by atoms with E-state index < -0.39 is 7.12 Å². The average molecular weight is 286 g/mol. The van der Waals surface area contributed by atoms with Gasteiger partial charge in [-0.25, -0.2) is 0 Å². The average Bonchev–Trinajstić information content (AvgIpc) is 2.24. The summed E-state index contributed by atoms with van der Waals surface area (Å²) in [5, 5.41) is 20.8. The van der Waals surface area contributed by atoms with Gasteiger partial charge in [-0.1, -0.05) is 22.9 Å². The molecule has 0 saturated heterocycles. The summed E-state index contributed by atoms with van der Waals surface area (Å²) < 4.78 is 0.639. The Balaban J connectivity index is 2.91. The third-order valence-electron chi connectivity index (χ3n) is 2.02. The molecule has 6 heteroatoms. The molecule has 0 spiro atoms. The van der Waals surface area contributed by atoms with Gasteiger partial charge in [0.05, 0.1) is 0 Å². The summed E-state index contributed by atoms with van der Waals surface area (Å²) in [5.41, 5.74) is 0.696. The summed E-state index contributed by atoms with van der Waals surface area (Å²) in [4.78, 5) is 11.6. The first-order valence-corrected chi connectivity index (χ1v) is 5.78. The molecule has 0 unspecified atom stereocenters. The van der Waals surface area contributed by atoms with Crippen molar-refractivity contribution < 1.29 is 14.8 Å². The van der Waals surface area contributed by atoms with Crippen LogP contribution in [-0.4, -0.2) is 29.6 Å². The van der Waals surface area contributed by atoms with Crippen LogP contribution < -0.4 is 10.8 Å². The summed E-state index contributed by atoms with van der Waals surface area (Å²) in [5.74, 6) is -0.218. The van der Waals surface area contributed by atoms with Crippen molar-refractivity contribution in [2.75, 3.05) is 6.54 Å². The molecule has 3 N–H and O–H groups in total. The van der Waals surface area contributed by atoms with Gasteiger partial charge in [-0.15, -0.1) is 0 Å². The van der Waals surface area contributed by atoms with Gasteiger partial charge < -0.3 is 15.4 Å². The van der Waals surface area contributed by atoms with Gasteiger partial charge in [-0.05, 0) is 30.1 Å². The Morgan fingerprint density at radius 1 is 1.44 bits per heavy atom. The summed E-state index contributed by atoms with van der Waals surface area (Å²) in [6, 6.07) is 4.65. The fraction of sp³-hybridized carbons (Fsp3) is 0.300. The standard InChI is InChI=1S/C10H13BBrNO3/c1-2-3-13-10(14)7-4-8(11(15)16)6-9(12)5-7/h4-6,15-16H,2-3H2,1H3,(H,13,14). The van der Waals surface area contributed by atoms with Crippen molar-refractivity contribution in [3.63, 3.8) is 0 Å². The first kappa shape index (κ1) is 13.2. The van der Waals surface area contributed by atoms with E-state index in [2.05, 4.69) is 21.2 Å². The maximum atomic E-state index is 11.6. The van der Waals surface area contributed by atoms with Gasteiger partial charge in [0.1, 0.15) is 0 Å². The first-order valence-electron chi connectivity index (χ1n) is 4.99. The third-order valence-corrected chi connectivity index (χ3v) is 2.47. The van der Waals surface area contributed by atoms with E-state index in [0.717, 1.165) is 6.42 Å². The van der Waals surface area contributed by atoms with Gasteiger partial charge in [0.25, 0.3) is 5.91 Å². The van der Waals surface area contributed by atoms with Crippen LogP contribution in [0.5, 0.6) is 0 Å². The zero-order valence-electron chi connectivity index (χ0n) is 8.90. The van der Waals surface area contributed by atoms with Crippen molar-refractivity contribution >= 4 is 34.4 Å². The Labute approximate surface area is 103 Å². The summed E-state index contributed by atoms with van der Waals surface area (Å²) >= 11 is 3.22. The molecular weight excluding hydrogens is 273 g/mol. The van der Waals surface area contributed by atoms with Crippen LogP contribution in [0.25, 0.3) is 0 Å². The van der Waals surface area contributed by atoms with Crippen LogP contribution in [-0.2, 0) is 0 Å². The van der Waals surface area contributed by atoms with E-state index in [1.807, 2.05) is 6.92 Å². The van der Waals surface area contributed by atoms with Crippen molar-refractivity contribution in [1.82, 2.24) is 5.32 Å². The van der Waals surface area contributed by atoms with Crippen LogP contribution >= 0.6 is 15.9 Å². The second-order valence-electron chi connectivity index (χ2n) is 3.40. The van der Waals surface area contributed by atoms with Gasteiger partial charge in [-0.3, -0.25) is 4.79 Å².